The first-order valence-electron chi connectivity index (χ1n) is 4.28. The first-order valence-corrected chi connectivity index (χ1v) is 4.28. The van der Waals surface area contributed by atoms with Gasteiger partial charge in [0, 0.05) is 0 Å². The minimum Gasteiger partial charge on any atom is -0.127 e. The summed E-state index contributed by atoms with van der Waals surface area (Å²) < 4.78 is 0. The van der Waals surface area contributed by atoms with Crippen molar-refractivity contribution in [3.05, 3.63) is 36.4 Å². The van der Waals surface area contributed by atoms with Gasteiger partial charge in [-0.1, -0.05) is 24.3 Å². The van der Waals surface area contributed by atoms with Crippen LogP contribution < -0.4 is 0 Å². The van der Waals surface area contributed by atoms with Crippen molar-refractivity contribution in [1.29, 1.82) is 0 Å². The fourth-order valence-electron chi connectivity index (χ4n) is 1.51. The first-order chi connectivity index (χ1) is 6.93. The number of hydrogen-bond donors (Lipinski definition) is 0. The molecular formula is C10H6N4. The van der Waals surface area contributed by atoms with E-state index in [0.29, 0.717) is 0 Å². The molecule has 0 radical (unpaired) electrons. The second kappa shape index (κ2) is 2.70. The van der Waals surface area contributed by atoms with E-state index in [-0.39, 0.29) is 0 Å². The molecule has 0 saturated heterocycles. The topological polar surface area (TPSA) is 51.6 Å². The van der Waals surface area contributed by atoms with Gasteiger partial charge < -0.3 is 0 Å². The van der Waals surface area contributed by atoms with Crippen molar-refractivity contribution in [2.75, 3.05) is 0 Å². The lowest BCUT2D eigenvalue weighted by atomic mass is 10.1. The average Bonchev–Trinajstić information content (AvgIpc) is 2.26. The zero-order chi connectivity index (χ0) is 9.38. The van der Waals surface area contributed by atoms with Crippen LogP contribution in [0.3, 0.4) is 0 Å². The number of rotatable bonds is 0. The molecule has 1 heterocycles. The molecule has 0 saturated carbocycles. The van der Waals surface area contributed by atoms with E-state index in [4.69, 9.17) is 0 Å². The van der Waals surface area contributed by atoms with Gasteiger partial charge in [0.2, 0.25) is 0 Å². The van der Waals surface area contributed by atoms with Crippen LogP contribution in [0.25, 0.3) is 21.8 Å². The number of benzene rings is 2. The summed E-state index contributed by atoms with van der Waals surface area (Å²) in [5, 5.41) is 17.1. The first kappa shape index (κ1) is 7.32. The van der Waals surface area contributed by atoms with Gasteiger partial charge in [0.1, 0.15) is 11.0 Å². The average molecular weight is 182 g/mol. The van der Waals surface area contributed by atoms with Crippen LogP contribution in [0.4, 0.5) is 0 Å². The van der Waals surface area contributed by atoms with Crippen LogP contribution in [0.5, 0.6) is 0 Å². The second-order valence-electron chi connectivity index (χ2n) is 3.07. The van der Waals surface area contributed by atoms with Crippen molar-refractivity contribution in [1.82, 2.24) is 20.6 Å². The van der Waals surface area contributed by atoms with Gasteiger partial charge in [0.15, 0.2) is 0 Å². The van der Waals surface area contributed by atoms with Crippen molar-refractivity contribution in [3.63, 3.8) is 0 Å². The molecule has 0 spiro atoms. The Balaban J connectivity index is 2.52. The molecule has 66 valence electrons. The summed E-state index contributed by atoms with van der Waals surface area (Å²) in [5.41, 5.74) is 1.55. The van der Waals surface area contributed by atoms with Crippen LogP contribution >= 0.6 is 0 Å². The largest absolute Gasteiger partial charge is 0.127 e. The van der Waals surface area contributed by atoms with Crippen molar-refractivity contribution in [2.24, 2.45) is 0 Å². The zero-order valence-electron chi connectivity index (χ0n) is 7.25. The number of fused-ring (bicyclic) bond motifs is 2. The maximum absolute atomic E-state index is 3.91. The second-order valence-corrected chi connectivity index (χ2v) is 3.07. The molecular weight excluding hydrogens is 176 g/mol. The Labute approximate surface area is 79.6 Å². The number of aromatic nitrogens is 4. The van der Waals surface area contributed by atoms with E-state index in [1.807, 2.05) is 36.4 Å². The summed E-state index contributed by atoms with van der Waals surface area (Å²) >= 11 is 0. The molecule has 3 rings (SSSR count). The van der Waals surface area contributed by atoms with Gasteiger partial charge >= 0.3 is 0 Å². The Hall–Kier alpha value is -2.10. The highest BCUT2D eigenvalue weighted by Gasteiger charge is 1.99. The van der Waals surface area contributed by atoms with Crippen molar-refractivity contribution < 1.29 is 0 Å². The Bertz CT molecular complexity index is 501. The predicted molar refractivity (Wildman–Crippen MR) is 52.6 cm³/mol. The van der Waals surface area contributed by atoms with Crippen LogP contribution in [-0.4, -0.2) is 20.6 Å². The fraction of sp³-hybridized carbons (Fsp3) is 0. The van der Waals surface area contributed by atoms with Gasteiger partial charge in [-0.25, -0.2) is 0 Å². The highest BCUT2D eigenvalue weighted by molar-refractivity contribution is 5.94. The predicted octanol–water partition coefficient (Wildman–Crippen LogP) is 1.57. The normalized spacial score (nSPS) is 10.9. The van der Waals surface area contributed by atoms with Gasteiger partial charge in [0.25, 0.3) is 0 Å². The Morgan fingerprint density at radius 3 is 1.71 bits per heavy atom. The van der Waals surface area contributed by atoms with Crippen molar-refractivity contribution in [3.8, 4) is 0 Å². The maximum atomic E-state index is 3.91. The van der Waals surface area contributed by atoms with Gasteiger partial charge in [-0.2, -0.15) is 0 Å². The highest BCUT2D eigenvalue weighted by atomic mass is 15.4. The molecule has 0 aliphatic carbocycles. The highest BCUT2D eigenvalue weighted by Crippen LogP contribution is 2.18. The molecule has 2 aromatic carbocycles. The summed E-state index contributed by atoms with van der Waals surface area (Å²) in [5.74, 6) is 0. The standard InChI is InChI=1S/C10H6N4/c1-2-4-8-6-10-9(5-7(8)3-1)11-13-14-12-10/h1-6H. The lowest BCUT2D eigenvalue weighted by molar-refractivity contribution is 0.797. The smallest absolute Gasteiger partial charge is 0.116 e. The van der Waals surface area contributed by atoms with Gasteiger partial charge in [-0.05, 0) is 33.3 Å². The lowest BCUT2D eigenvalue weighted by Gasteiger charge is -1.97. The summed E-state index contributed by atoms with van der Waals surface area (Å²) in [4.78, 5) is 0. The lowest BCUT2D eigenvalue weighted by Crippen LogP contribution is -1.91. The summed E-state index contributed by atoms with van der Waals surface area (Å²) in [7, 11) is 0. The van der Waals surface area contributed by atoms with Crippen molar-refractivity contribution >= 4 is 21.8 Å². The summed E-state index contributed by atoms with van der Waals surface area (Å²) in [6.07, 6.45) is 0. The molecule has 14 heavy (non-hydrogen) atoms. The van der Waals surface area contributed by atoms with E-state index < -0.39 is 0 Å². The van der Waals surface area contributed by atoms with Crippen LogP contribution in [0.1, 0.15) is 0 Å². The van der Waals surface area contributed by atoms with E-state index in [2.05, 4.69) is 20.6 Å². The van der Waals surface area contributed by atoms with Gasteiger partial charge in [0.05, 0.1) is 0 Å². The summed E-state index contributed by atoms with van der Waals surface area (Å²) in [6.45, 7) is 0. The summed E-state index contributed by atoms with van der Waals surface area (Å²) in [6, 6.07) is 12.0. The van der Waals surface area contributed by atoms with Crippen molar-refractivity contribution in [2.45, 2.75) is 0 Å². The van der Waals surface area contributed by atoms with E-state index >= 15 is 0 Å². The molecule has 1 aromatic heterocycles. The van der Waals surface area contributed by atoms with E-state index in [1.165, 1.54) is 0 Å². The third kappa shape index (κ3) is 1.01. The molecule has 0 aliphatic rings. The van der Waals surface area contributed by atoms with E-state index in [0.717, 1.165) is 21.8 Å². The molecule has 0 atom stereocenters. The third-order valence-corrected chi connectivity index (χ3v) is 2.19. The molecule has 4 nitrogen and oxygen atoms in total. The Morgan fingerprint density at radius 2 is 1.21 bits per heavy atom. The minimum atomic E-state index is 0.777. The maximum Gasteiger partial charge on any atom is 0.116 e. The number of hydrogen-bond acceptors (Lipinski definition) is 4. The molecule has 0 bridgehead atoms. The molecule has 0 aliphatic heterocycles. The molecule has 0 N–H and O–H groups in total. The molecule has 0 amide bonds. The van der Waals surface area contributed by atoms with Crippen LogP contribution in [0, 0.1) is 0 Å². The molecule has 3 aromatic rings. The molecule has 0 fully saturated rings. The van der Waals surface area contributed by atoms with Gasteiger partial charge in [-0.3, -0.25) is 0 Å². The zero-order valence-corrected chi connectivity index (χ0v) is 7.25. The van der Waals surface area contributed by atoms with Crippen LogP contribution in [0.15, 0.2) is 36.4 Å². The Kier molecular flexibility index (Phi) is 1.41. The SMILES string of the molecule is c1ccc2cc3nnnnc3cc2c1. The van der Waals surface area contributed by atoms with Crippen LogP contribution in [-0.2, 0) is 0 Å². The minimum absolute atomic E-state index is 0.777. The number of nitrogens with zero attached hydrogens (tertiary/aromatic N) is 4. The van der Waals surface area contributed by atoms with E-state index in [1.54, 1.807) is 0 Å². The molecule has 0 unspecified atom stereocenters. The Morgan fingerprint density at radius 1 is 0.714 bits per heavy atom. The quantitative estimate of drug-likeness (QED) is 0.495. The van der Waals surface area contributed by atoms with Gasteiger partial charge in [-0.15, -0.1) is 10.2 Å². The van der Waals surface area contributed by atoms with Crippen LogP contribution in [0.2, 0.25) is 0 Å². The fourth-order valence-corrected chi connectivity index (χ4v) is 1.51. The third-order valence-electron chi connectivity index (χ3n) is 2.19. The molecule has 4 heteroatoms. The monoisotopic (exact) mass is 182 g/mol. The van der Waals surface area contributed by atoms with E-state index in [9.17, 15) is 0 Å².